The van der Waals surface area contributed by atoms with Crippen LogP contribution < -0.4 is 10.9 Å². The maximum Gasteiger partial charge on any atom is 0.262 e. The SMILES string of the molecule is O=C(CCn1c(=S)[nH]c2ccccc2c1=O)NCCCCCc1nc(-c2cccs2)no1. The molecule has 0 aliphatic carbocycles. The fourth-order valence-electron chi connectivity index (χ4n) is 3.37. The summed E-state index contributed by atoms with van der Waals surface area (Å²) in [5.74, 6) is 1.17. The van der Waals surface area contributed by atoms with Gasteiger partial charge in [0.15, 0.2) is 4.77 Å². The highest BCUT2D eigenvalue weighted by Gasteiger charge is 2.10. The molecule has 3 heterocycles. The van der Waals surface area contributed by atoms with E-state index in [9.17, 15) is 9.59 Å². The lowest BCUT2D eigenvalue weighted by Gasteiger charge is -2.08. The number of aryl methyl sites for hydroxylation is 1. The third-order valence-corrected chi connectivity index (χ3v) is 6.24. The Balaban J connectivity index is 1.16. The Hall–Kier alpha value is -3.11. The van der Waals surface area contributed by atoms with Gasteiger partial charge in [-0.05, 0) is 48.6 Å². The van der Waals surface area contributed by atoms with Crippen molar-refractivity contribution in [1.82, 2.24) is 25.0 Å². The number of amides is 1. The van der Waals surface area contributed by atoms with Crippen LogP contribution in [0.5, 0.6) is 0 Å². The third kappa shape index (κ3) is 5.38. The van der Waals surface area contributed by atoms with Gasteiger partial charge in [0.1, 0.15) is 0 Å². The van der Waals surface area contributed by atoms with E-state index >= 15 is 0 Å². The summed E-state index contributed by atoms with van der Waals surface area (Å²) in [5, 5.41) is 9.45. The van der Waals surface area contributed by atoms with E-state index < -0.39 is 0 Å². The number of aromatic nitrogens is 4. The molecule has 4 aromatic rings. The van der Waals surface area contributed by atoms with Gasteiger partial charge in [-0.2, -0.15) is 4.98 Å². The molecule has 0 fully saturated rings. The van der Waals surface area contributed by atoms with Crippen molar-refractivity contribution in [2.75, 3.05) is 6.54 Å². The molecule has 10 heteroatoms. The van der Waals surface area contributed by atoms with E-state index in [-0.39, 0.29) is 24.4 Å². The van der Waals surface area contributed by atoms with Gasteiger partial charge in [-0.25, -0.2) is 0 Å². The molecule has 1 amide bonds. The molecule has 0 radical (unpaired) electrons. The van der Waals surface area contributed by atoms with Crippen LogP contribution in [-0.2, 0) is 17.8 Å². The minimum Gasteiger partial charge on any atom is -0.356 e. The number of rotatable bonds is 10. The minimum absolute atomic E-state index is 0.100. The number of fused-ring (bicyclic) bond motifs is 1. The third-order valence-electron chi connectivity index (χ3n) is 5.05. The largest absolute Gasteiger partial charge is 0.356 e. The Kier molecular flexibility index (Phi) is 7.23. The van der Waals surface area contributed by atoms with Crippen LogP contribution in [0.3, 0.4) is 0 Å². The number of hydrogen-bond donors (Lipinski definition) is 2. The monoisotopic (exact) mass is 469 g/mol. The predicted molar refractivity (Wildman–Crippen MR) is 126 cm³/mol. The number of aromatic amines is 1. The number of H-pyrrole nitrogens is 1. The summed E-state index contributed by atoms with van der Waals surface area (Å²) in [6, 6.07) is 11.1. The number of carbonyl (C=O) groups is 1. The average molecular weight is 470 g/mol. The van der Waals surface area contributed by atoms with Gasteiger partial charge >= 0.3 is 0 Å². The maximum atomic E-state index is 12.6. The van der Waals surface area contributed by atoms with Crippen LogP contribution in [0.1, 0.15) is 31.6 Å². The van der Waals surface area contributed by atoms with Crippen molar-refractivity contribution < 1.29 is 9.32 Å². The second-order valence-corrected chi connectivity index (χ2v) is 8.67. The van der Waals surface area contributed by atoms with Crippen LogP contribution in [0.15, 0.2) is 51.1 Å². The molecule has 0 saturated heterocycles. The lowest BCUT2D eigenvalue weighted by atomic mass is 10.2. The van der Waals surface area contributed by atoms with E-state index in [0.29, 0.717) is 33.9 Å². The molecule has 0 bridgehead atoms. The number of para-hydroxylation sites is 1. The van der Waals surface area contributed by atoms with Crippen molar-refractivity contribution in [1.29, 1.82) is 0 Å². The van der Waals surface area contributed by atoms with Gasteiger partial charge in [-0.15, -0.1) is 11.3 Å². The van der Waals surface area contributed by atoms with Gasteiger partial charge in [-0.3, -0.25) is 14.2 Å². The highest BCUT2D eigenvalue weighted by atomic mass is 32.1. The number of nitrogens with one attached hydrogen (secondary N) is 2. The van der Waals surface area contributed by atoms with Crippen molar-refractivity contribution in [3.05, 3.63) is 62.8 Å². The first-order chi connectivity index (χ1) is 15.6. The number of carbonyl (C=O) groups excluding carboxylic acids is 1. The molecule has 0 unspecified atom stereocenters. The number of nitrogens with zero attached hydrogens (tertiary/aromatic N) is 3. The summed E-state index contributed by atoms with van der Waals surface area (Å²) in [6.45, 7) is 0.831. The van der Waals surface area contributed by atoms with E-state index in [1.54, 1.807) is 23.5 Å². The fourth-order valence-corrected chi connectivity index (χ4v) is 4.31. The number of benzene rings is 1. The molecule has 8 nitrogen and oxygen atoms in total. The topological polar surface area (TPSA) is 106 Å². The Morgan fingerprint density at radius 1 is 1.19 bits per heavy atom. The van der Waals surface area contributed by atoms with Gasteiger partial charge in [0.2, 0.25) is 17.6 Å². The number of hydrogen-bond acceptors (Lipinski definition) is 7. The first kappa shape index (κ1) is 22.1. The quantitative estimate of drug-likeness (QED) is 0.268. The molecule has 3 aromatic heterocycles. The maximum absolute atomic E-state index is 12.6. The molecule has 166 valence electrons. The molecule has 0 spiro atoms. The van der Waals surface area contributed by atoms with Crippen LogP contribution in [-0.4, -0.2) is 32.1 Å². The summed E-state index contributed by atoms with van der Waals surface area (Å²) < 4.78 is 7.05. The summed E-state index contributed by atoms with van der Waals surface area (Å²) in [6.07, 6.45) is 3.61. The zero-order chi connectivity index (χ0) is 22.3. The molecule has 0 aliphatic heterocycles. The molecule has 0 atom stereocenters. The van der Waals surface area contributed by atoms with Crippen molar-refractivity contribution in [3.8, 4) is 10.7 Å². The van der Waals surface area contributed by atoms with Crippen molar-refractivity contribution in [3.63, 3.8) is 0 Å². The average Bonchev–Trinajstić information content (AvgIpc) is 3.48. The van der Waals surface area contributed by atoms with Crippen LogP contribution in [0, 0.1) is 4.77 Å². The van der Waals surface area contributed by atoms with Crippen molar-refractivity contribution in [2.45, 2.75) is 38.6 Å². The first-order valence-corrected chi connectivity index (χ1v) is 11.8. The number of thiophene rings is 1. The summed E-state index contributed by atoms with van der Waals surface area (Å²) in [5.41, 5.74) is 0.520. The predicted octanol–water partition coefficient (Wildman–Crippen LogP) is 4.09. The van der Waals surface area contributed by atoms with Gasteiger partial charge in [0.05, 0.1) is 15.8 Å². The second-order valence-electron chi connectivity index (χ2n) is 7.33. The molecule has 1 aromatic carbocycles. The molecular weight excluding hydrogens is 446 g/mol. The number of unbranched alkanes of at least 4 members (excludes halogenated alkanes) is 2. The van der Waals surface area contributed by atoms with Crippen LogP contribution in [0.25, 0.3) is 21.6 Å². The molecular formula is C22H23N5O3S2. The van der Waals surface area contributed by atoms with Gasteiger partial charge < -0.3 is 14.8 Å². The molecule has 0 aliphatic rings. The molecule has 2 N–H and O–H groups in total. The van der Waals surface area contributed by atoms with Crippen LogP contribution in [0.4, 0.5) is 0 Å². The van der Waals surface area contributed by atoms with Crippen LogP contribution >= 0.6 is 23.6 Å². The highest BCUT2D eigenvalue weighted by Crippen LogP contribution is 2.21. The lowest BCUT2D eigenvalue weighted by molar-refractivity contribution is -0.121. The van der Waals surface area contributed by atoms with E-state index in [2.05, 4.69) is 20.4 Å². The van der Waals surface area contributed by atoms with Crippen LogP contribution in [0.2, 0.25) is 0 Å². The lowest BCUT2D eigenvalue weighted by Crippen LogP contribution is -2.28. The molecule has 4 rings (SSSR count). The smallest absolute Gasteiger partial charge is 0.262 e. The molecule has 0 saturated carbocycles. The second kappa shape index (κ2) is 10.5. The Morgan fingerprint density at radius 2 is 2.06 bits per heavy atom. The zero-order valence-corrected chi connectivity index (χ0v) is 19.0. The van der Waals surface area contributed by atoms with Gasteiger partial charge in [0.25, 0.3) is 5.56 Å². The van der Waals surface area contributed by atoms with E-state index in [1.165, 1.54) is 4.57 Å². The van der Waals surface area contributed by atoms with Crippen molar-refractivity contribution in [2.24, 2.45) is 0 Å². The normalized spacial score (nSPS) is 11.1. The summed E-state index contributed by atoms with van der Waals surface area (Å²) >= 11 is 6.86. The minimum atomic E-state index is -0.180. The summed E-state index contributed by atoms with van der Waals surface area (Å²) in [7, 11) is 0. The Morgan fingerprint density at radius 3 is 2.91 bits per heavy atom. The first-order valence-electron chi connectivity index (χ1n) is 10.5. The molecule has 32 heavy (non-hydrogen) atoms. The Labute approximate surface area is 193 Å². The Bertz CT molecular complexity index is 1310. The highest BCUT2D eigenvalue weighted by molar-refractivity contribution is 7.71. The van der Waals surface area contributed by atoms with Gasteiger partial charge in [0, 0.05) is 25.9 Å². The standard InChI is InChI=1S/C22H23N5O3S2/c28-18(11-13-27-21(29)15-7-3-4-8-16(15)24-22(27)31)23-12-5-1-2-10-19-25-20(26-30-19)17-9-6-14-32-17/h3-4,6-9,14H,1-2,5,10-13H2,(H,23,28)(H,24,31). The van der Waals surface area contributed by atoms with Gasteiger partial charge in [-0.1, -0.05) is 29.8 Å². The fraction of sp³-hybridized carbons (Fsp3) is 0.318. The van der Waals surface area contributed by atoms with E-state index in [4.69, 9.17) is 16.7 Å². The van der Waals surface area contributed by atoms with E-state index in [1.807, 2.05) is 29.6 Å². The van der Waals surface area contributed by atoms with Crippen molar-refractivity contribution >= 4 is 40.4 Å². The zero-order valence-electron chi connectivity index (χ0n) is 17.4. The summed E-state index contributed by atoms with van der Waals surface area (Å²) in [4.78, 5) is 33.2. The van der Waals surface area contributed by atoms with E-state index in [0.717, 1.165) is 30.6 Å².